The van der Waals surface area contributed by atoms with Gasteiger partial charge in [0.15, 0.2) is 18.3 Å². The fourth-order valence-electron chi connectivity index (χ4n) is 7.10. The summed E-state index contributed by atoms with van der Waals surface area (Å²) in [6.45, 7) is -2.01. The zero-order chi connectivity index (χ0) is 53.2. The second-order valence-electron chi connectivity index (χ2n) is 16.1. The molecule has 0 aliphatic carbocycles. The summed E-state index contributed by atoms with van der Waals surface area (Å²) in [7, 11) is 0. The molecular formula is C55H46Cl3NO16. The SMILES string of the molecule is N=C(O[C@@H]1O[C@H](C(=O)OCc2ccccc2)[C@@H](OC(=O)c2ccccc2)[C@H](OC(OCC(=O)OCc2ccccc2)C(OC(=O)c2ccccc2)C(=O)OCc2ccccc2)[C@H]1OC(=O)c1ccccc1)C(Cl)(Cl)Cl. The zero-order valence-corrected chi connectivity index (χ0v) is 41.6. The van der Waals surface area contributed by atoms with E-state index in [0.717, 1.165) is 0 Å². The van der Waals surface area contributed by atoms with E-state index in [2.05, 4.69) is 0 Å². The van der Waals surface area contributed by atoms with Crippen molar-refractivity contribution in [1.29, 1.82) is 5.41 Å². The first-order valence-electron chi connectivity index (χ1n) is 22.9. The molecule has 2 unspecified atom stereocenters. The first-order chi connectivity index (χ1) is 36.2. The third kappa shape index (κ3) is 16.2. The van der Waals surface area contributed by atoms with E-state index >= 15 is 0 Å². The minimum atomic E-state index is -2.61. The molecule has 1 heterocycles. The Morgan fingerprint density at radius 3 is 1.39 bits per heavy atom. The number of esters is 6. The molecule has 75 heavy (non-hydrogen) atoms. The summed E-state index contributed by atoms with van der Waals surface area (Å²) in [5, 5.41) is 8.60. The van der Waals surface area contributed by atoms with Crippen LogP contribution in [0.5, 0.6) is 0 Å². The molecule has 0 saturated carbocycles. The van der Waals surface area contributed by atoms with E-state index in [1.807, 2.05) is 0 Å². The summed E-state index contributed by atoms with van der Waals surface area (Å²) in [6.07, 6.45) is -15.5. The van der Waals surface area contributed by atoms with Crippen LogP contribution in [0.2, 0.25) is 0 Å². The van der Waals surface area contributed by atoms with Gasteiger partial charge in [-0.3, -0.25) is 5.41 Å². The smallest absolute Gasteiger partial charge is 0.353 e. The van der Waals surface area contributed by atoms with Gasteiger partial charge in [-0.15, -0.1) is 0 Å². The number of halogens is 3. The molecule has 1 aliphatic rings. The minimum absolute atomic E-state index is 0.0602. The number of hydrogen-bond acceptors (Lipinski definition) is 17. The molecule has 0 spiro atoms. The molecule has 0 radical (unpaired) electrons. The third-order valence-electron chi connectivity index (χ3n) is 10.8. The van der Waals surface area contributed by atoms with Gasteiger partial charge in [0.25, 0.3) is 3.79 Å². The van der Waals surface area contributed by atoms with Crippen molar-refractivity contribution in [2.75, 3.05) is 6.61 Å². The molecule has 1 saturated heterocycles. The Kier molecular flexibility index (Phi) is 19.9. The Morgan fingerprint density at radius 1 is 0.507 bits per heavy atom. The highest BCUT2D eigenvalue weighted by atomic mass is 35.6. The van der Waals surface area contributed by atoms with Crippen LogP contribution in [0.25, 0.3) is 0 Å². The van der Waals surface area contributed by atoms with E-state index in [0.29, 0.717) is 16.7 Å². The number of alkyl halides is 3. The molecule has 0 amide bonds. The van der Waals surface area contributed by atoms with Gasteiger partial charge in [-0.25, -0.2) is 28.8 Å². The lowest BCUT2D eigenvalue weighted by Crippen LogP contribution is -2.65. The topological polar surface area (TPSA) is 219 Å². The summed E-state index contributed by atoms with van der Waals surface area (Å²) in [5.41, 5.74) is 1.42. The van der Waals surface area contributed by atoms with E-state index in [9.17, 15) is 28.8 Å². The highest BCUT2D eigenvalue weighted by Crippen LogP contribution is 2.36. The van der Waals surface area contributed by atoms with Crippen LogP contribution in [-0.2, 0) is 81.6 Å². The average Bonchev–Trinajstić information content (AvgIpc) is 3.44. The maximum atomic E-state index is 14.6. The molecule has 1 fully saturated rings. The molecule has 0 aromatic heterocycles. The van der Waals surface area contributed by atoms with Crippen molar-refractivity contribution >= 4 is 76.5 Å². The largest absolute Gasteiger partial charge is 0.459 e. The monoisotopic (exact) mass is 1080 g/mol. The Balaban J connectivity index is 1.37. The van der Waals surface area contributed by atoms with Crippen LogP contribution in [0, 0.1) is 5.41 Å². The third-order valence-corrected chi connectivity index (χ3v) is 11.3. The maximum absolute atomic E-state index is 14.6. The molecule has 6 aromatic rings. The van der Waals surface area contributed by atoms with Gasteiger partial charge in [-0.05, 0) is 53.1 Å². The van der Waals surface area contributed by atoms with Gasteiger partial charge in [0.2, 0.25) is 24.6 Å². The lowest BCUT2D eigenvalue weighted by atomic mass is 9.97. The molecule has 1 N–H and O–H groups in total. The van der Waals surface area contributed by atoms with E-state index in [1.165, 1.54) is 72.8 Å². The van der Waals surface area contributed by atoms with Crippen molar-refractivity contribution in [2.45, 2.75) is 66.7 Å². The number of nitrogens with one attached hydrogen (secondary N) is 1. The fraction of sp³-hybridized carbons (Fsp3) is 0.218. The summed E-state index contributed by atoms with van der Waals surface area (Å²) in [6, 6.07) is 47.8. The van der Waals surface area contributed by atoms with Crippen LogP contribution in [0.15, 0.2) is 182 Å². The van der Waals surface area contributed by atoms with Crippen molar-refractivity contribution in [1.82, 2.24) is 0 Å². The summed E-state index contributed by atoms with van der Waals surface area (Å²) in [5.74, 6) is -8.02. The lowest BCUT2D eigenvalue weighted by Gasteiger charge is -2.45. The highest BCUT2D eigenvalue weighted by molar-refractivity contribution is 6.76. The van der Waals surface area contributed by atoms with E-state index in [-0.39, 0.29) is 36.5 Å². The van der Waals surface area contributed by atoms with Gasteiger partial charge in [-0.2, -0.15) is 0 Å². The lowest BCUT2D eigenvalue weighted by molar-refractivity contribution is -0.315. The van der Waals surface area contributed by atoms with Gasteiger partial charge in [0.1, 0.15) is 32.5 Å². The van der Waals surface area contributed by atoms with Gasteiger partial charge in [-0.1, -0.05) is 180 Å². The second-order valence-corrected chi connectivity index (χ2v) is 18.4. The van der Waals surface area contributed by atoms with Crippen LogP contribution in [-0.4, -0.2) is 95.2 Å². The number of benzene rings is 6. The Labute approximate surface area is 444 Å². The number of carbonyl (C=O) groups is 6. The van der Waals surface area contributed by atoms with E-state index < -0.39 is 95.2 Å². The normalized spacial score (nSPS) is 17.9. The number of carbonyl (C=O) groups excluding carboxylic acids is 6. The summed E-state index contributed by atoms with van der Waals surface area (Å²) in [4.78, 5) is 85.2. The number of ether oxygens (including phenoxy) is 10. The fourth-order valence-corrected chi connectivity index (χ4v) is 7.23. The van der Waals surface area contributed by atoms with Crippen molar-refractivity contribution in [3.63, 3.8) is 0 Å². The van der Waals surface area contributed by atoms with Crippen molar-refractivity contribution in [3.05, 3.63) is 215 Å². The van der Waals surface area contributed by atoms with Crippen LogP contribution in [0.1, 0.15) is 47.8 Å². The predicted molar refractivity (Wildman–Crippen MR) is 268 cm³/mol. The second kappa shape index (κ2) is 27.1. The van der Waals surface area contributed by atoms with E-state index in [1.54, 1.807) is 109 Å². The van der Waals surface area contributed by atoms with Crippen molar-refractivity contribution in [3.8, 4) is 0 Å². The minimum Gasteiger partial charge on any atom is -0.459 e. The first kappa shape index (κ1) is 55.1. The standard InChI is InChI=1S/C55H46Cl3NO16/c56-55(57,58)54(59)75-53-45(71-48(62)39-27-15-5-16-28-39)43(42(70-47(61)38-25-13-4-14-26-38)44(74-53)50(64)67-32-36-21-9-2-10-22-36)73-52(69-34-41(60)66-31-35-19-7-1-8-20-35)46(72-49(63)40-29-17-6-18-30-40)51(65)68-33-37-23-11-3-12-24-37/h1-30,42-46,52-53,59H,31-34H2/t42-,43-,44-,45+,46?,52?,53-/m0/s1. The summed E-state index contributed by atoms with van der Waals surface area (Å²) >= 11 is 18.3. The van der Waals surface area contributed by atoms with Gasteiger partial charge in [0, 0.05) is 0 Å². The summed E-state index contributed by atoms with van der Waals surface area (Å²) < 4.78 is 56.8. The molecule has 7 rings (SSSR count). The maximum Gasteiger partial charge on any atom is 0.353 e. The Bertz CT molecular complexity index is 2850. The molecule has 17 nitrogen and oxygen atoms in total. The molecule has 388 valence electrons. The van der Waals surface area contributed by atoms with Crippen LogP contribution >= 0.6 is 34.8 Å². The van der Waals surface area contributed by atoms with Crippen molar-refractivity contribution in [2.24, 2.45) is 0 Å². The van der Waals surface area contributed by atoms with Gasteiger partial charge >= 0.3 is 35.8 Å². The van der Waals surface area contributed by atoms with Gasteiger partial charge in [0.05, 0.1) is 16.7 Å². The molecule has 1 aliphatic heterocycles. The van der Waals surface area contributed by atoms with Crippen LogP contribution in [0.4, 0.5) is 0 Å². The predicted octanol–water partition coefficient (Wildman–Crippen LogP) is 8.71. The number of hydrogen-bond donors (Lipinski definition) is 1. The van der Waals surface area contributed by atoms with Crippen molar-refractivity contribution < 1.29 is 76.1 Å². The molecular weight excluding hydrogens is 1040 g/mol. The first-order valence-corrected chi connectivity index (χ1v) is 24.0. The highest BCUT2D eigenvalue weighted by Gasteiger charge is 2.58. The molecule has 6 aromatic carbocycles. The molecule has 0 bridgehead atoms. The zero-order valence-electron chi connectivity index (χ0n) is 39.4. The molecule has 20 heteroatoms. The molecule has 7 atom stereocenters. The average molecular weight is 1080 g/mol. The number of rotatable bonds is 21. The quantitative estimate of drug-likeness (QED) is 0.0178. The Morgan fingerprint density at radius 2 is 0.920 bits per heavy atom. The van der Waals surface area contributed by atoms with Crippen LogP contribution < -0.4 is 0 Å². The Hall–Kier alpha value is -7.64. The van der Waals surface area contributed by atoms with Gasteiger partial charge < -0.3 is 47.4 Å². The van der Waals surface area contributed by atoms with E-state index in [4.69, 9.17) is 87.6 Å². The van der Waals surface area contributed by atoms with Crippen LogP contribution in [0.3, 0.4) is 0 Å².